The summed E-state index contributed by atoms with van der Waals surface area (Å²) >= 11 is 0. The number of methoxy groups -OCH3 is 1. The van der Waals surface area contributed by atoms with Crippen molar-refractivity contribution in [3.63, 3.8) is 0 Å². The van der Waals surface area contributed by atoms with Crippen LogP contribution in [0.25, 0.3) is 0 Å². The number of benzene rings is 1. The molecule has 1 saturated heterocycles. The number of carbonyl (C=O) groups is 1. The minimum Gasteiger partial charge on any atom is -0.382 e. The summed E-state index contributed by atoms with van der Waals surface area (Å²) in [4.78, 5) is 12.4. The minimum atomic E-state index is -3.53. The molecule has 2 rings (SSSR count). The molecule has 1 fully saturated rings. The third kappa shape index (κ3) is 6.55. The number of nitrogens with zero attached hydrogens (tertiary/aromatic N) is 1. The molecule has 28 heavy (non-hydrogen) atoms. The topological polar surface area (TPSA) is 84.9 Å². The van der Waals surface area contributed by atoms with Crippen LogP contribution in [0.3, 0.4) is 0 Å². The van der Waals surface area contributed by atoms with Gasteiger partial charge in [-0.2, -0.15) is 4.31 Å². The Labute approximate surface area is 168 Å². The van der Waals surface area contributed by atoms with Crippen molar-refractivity contribution in [2.24, 2.45) is 11.8 Å². The highest BCUT2D eigenvalue weighted by atomic mass is 32.2. The predicted octanol–water partition coefficient (Wildman–Crippen LogP) is 2.14. The average molecular weight is 413 g/mol. The van der Waals surface area contributed by atoms with E-state index in [1.807, 2.05) is 0 Å². The molecule has 0 spiro atoms. The number of rotatable bonds is 10. The fourth-order valence-electron chi connectivity index (χ4n) is 3.45. The molecule has 158 valence electrons. The number of hydrogen-bond acceptors (Lipinski definition) is 5. The van der Waals surface area contributed by atoms with Gasteiger partial charge in [0.05, 0.1) is 18.1 Å². The van der Waals surface area contributed by atoms with Crippen molar-refractivity contribution in [3.8, 4) is 0 Å². The number of nitrogens with one attached hydrogen (secondary N) is 1. The van der Waals surface area contributed by atoms with Crippen LogP contribution in [0.1, 0.15) is 37.0 Å². The van der Waals surface area contributed by atoms with E-state index in [1.165, 1.54) is 12.1 Å². The van der Waals surface area contributed by atoms with Crippen molar-refractivity contribution in [2.45, 2.75) is 31.6 Å². The van der Waals surface area contributed by atoms with Crippen LogP contribution >= 0.6 is 0 Å². The first kappa shape index (κ1) is 22.8. The second-order valence-electron chi connectivity index (χ2n) is 7.51. The van der Waals surface area contributed by atoms with Gasteiger partial charge < -0.3 is 14.8 Å². The molecule has 1 aliphatic heterocycles. The lowest BCUT2D eigenvalue weighted by molar-refractivity contribution is 0.0688. The predicted molar refractivity (Wildman–Crippen MR) is 108 cm³/mol. The number of ether oxygens (including phenoxy) is 2. The van der Waals surface area contributed by atoms with Gasteiger partial charge in [0.15, 0.2) is 0 Å². The molecular formula is C20H32N2O5S. The van der Waals surface area contributed by atoms with Crippen LogP contribution in [0.2, 0.25) is 0 Å². The monoisotopic (exact) mass is 412 g/mol. The molecule has 0 unspecified atom stereocenters. The van der Waals surface area contributed by atoms with E-state index in [0.29, 0.717) is 63.3 Å². The summed E-state index contributed by atoms with van der Waals surface area (Å²) < 4.78 is 37.5. The van der Waals surface area contributed by atoms with Crippen molar-refractivity contribution in [3.05, 3.63) is 29.8 Å². The number of piperidine rings is 1. The Bertz CT molecular complexity index is 711. The zero-order valence-electron chi connectivity index (χ0n) is 17.0. The van der Waals surface area contributed by atoms with Gasteiger partial charge in [0.2, 0.25) is 10.0 Å². The highest BCUT2D eigenvalue weighted by Gasteiger charge is 2.31. The van der Waals surface area contributed by atoms with E-state index in [9.17, 15) is 13.2 Å². The summed E-state index contributed by atoms with van der Waals surface area (Å²) in [6.45, 7) is 7.37. The van der Waals surface area contributed by atoms with Crippen LogP contribution in [-0.4, -0.2) is 65.2 Å². The molecule has 0 saturated carbocycles. The molecule has 1 aromatic carbocycles. The van der Waals surface area contributed by atoms with Gasteiger partial charge in [0.25, 0.3) is 5.91 Å². The molecule has 7 nitrogen and oxygen atoms in total. The third-order valence-electron chi connectivity index (χ3n) is 4.77. The molecule has 0 aliphatic carbocycles. The number of carbonyl (C=O) groups excluding carboxylic acids is 1. The van der Waals surface area contributed by atoms with Crippen LogP contribution in [0.5, 0.6) is 0 Å². The fraction of sp³-hybridized carbons (Fsp3) is 0.650. The van der Waals surface area contributed by atoms with Gasteiger partial charge in [0.1, 0.15) is 0 Å². The second-order valence-corrected chi connectivity index (χ2v) is 9.45. The van der Waals surface area contributed by atoms with Crippen molar-refractivity contribution >= 4 is 15.9 Å². The van der Waals surface area contributed by atoms with Gasteiger partial charge in [-0.3, -0.25) is 4.79 Å². The van der Waals surface area contributed by atoms with E-state index in [1.54, 1.807) is 23.5 Å². The third-order valence-corrected chi connectivity index (χ3v) is 6.62. The van der Waals surface area contributed by atoms with Crippen LogP contribution in [0, 0.1) is 11.8 Å². The molecule has 1 aromatic rings. The molecule has 8 heteroatoms. The largest absolute Gasteiger partial charge is 0.382 e. The second kappa shape index (κ2) is 10.9. The first-order valence-electron chi connectivity index (χ1n) is 9.79. The highest BCUT2D eigenvalue weighted by molar-refractivity contribution is 7.89. The number of amides is 1. The Balaban J connectivity index is 1.87. The highest BCUT2D eigenvalue weighted by Crippen LogP contribution is 2.26. The summed E-state index contributed by atoms with van der Waals surface area (Å²) in [5.74, 6) is 0.477. The lowest BCUT2D eigenvalue weighted by atomic mass is 9.94. The van der Waals surface area contributed by atoms with E-state index in [4.69, 9.17) is 9.47 Å². The van der Waals surface area contributed by atoms with E-state index in [-0.39, 0.29) is 10.8 Å². The van der Waals surface area contributed by atoms with Crippen LogP contribution in [0.4, 0.5) is 0 Å². The van der Waals surface area contributed by atoms with Crippen molar-refractivity contribution in [1.82, 2.24) is 9.62 Å². The molecule has 1 N–H and O–H groups in total. The number of sulfonamides is 1. The van der Waals surface area contributed by atoms with Gasteiger partial charge in [-0.05, 0) is 48.9 Å². The standard InChI is InChI=1S/C20H32N2O5S/c1-16-13-17(2)15-22(14-16)28(24,25)19-7-5-18(6-8-19)20(23)21-9-4-10-27-12-11-26-3/h5-8,16-17H,4,9-15H2,1-3H3,(H,21,23)/t16-,17+. The zero-order chi connectivity index (χ0) is 20.6. The lowest BCUT2D eigenvalue weighted by Crippen LogP contribution is -2.42. The normalized spacial score (nSPS) is 20.8. The van der Waals surface area contributed by atoms with Crippen molar-refractivity contribution in [1.29, 1.82) is 0 Å². The maximum Gasteiger partial charge on any atom is 0.251 e. The van der Waals surface area contributed by atoms with Gasteiger partial charge in [-0.1, -0.05) is 13.8 Å². The molecular weight excluding hydrogens is 380 g/mol. The minimum absolute atomic E-state index is 0.221. The number of hydrogen-bond donors (Lipinski definition) is 1. The SMILES string of the molecule is COCCOCCCNC(=O)c1ccc(S(=O)(=O)N2C[C@H](C)C[C@H](C)C2)cc1. The fourth-order valence-corrected chi connectivity index (χ4v) is 5.13. The Morgan fingerprint density at radius 3 is 2.36 bits per heavy atom. The summed E-state index contributed by atoms with van der Waals surface area (Å²) in [5.41, 5.74) is 0.444. The molecule has 0 aromatic heterocycles. The van der Waals surface area contributed by atoms with Gasteiger partial charge in [-0.15, -0.1) is 0 Å². The Hall–Kier alpha value is -1.48. The summed E-state index contributed by atoms with van der Waals surface area (Å²) in [6.07, 6.45) is 1.75. The zero-order valence-corrected chi connectivity index (χ0v) is 17.8. The van der Waals surface area contributed by atoms with E-state index < -0.39 is 10.0 Å². The van der Waals surface area contributed by atoms with E-state index >= 15 is 0 Å². The average Bonchev–Trinajstić information content (AvgIpc) is 2.66. The van der Waals surface area contributed by atoms with Gasteiger partial charge >= 0.3 is 0 Å². The Morgan fingerprint density at radius 2 is 1.75 bits per heavy atom. The quantitative estimate of drug-likeness (QED) is 0.595. The van der Waals surface area contributed by atoms with Gasteiger partial charge in [0, 0.05) is 38.9 Å². The van der Waals surface area contributed by atoms with Crippen LogP contribution in [0.15, 0.2) is 29.2 Å². The summed E-state index contributed by atoms with van der Waals surface area (Å²) in [7, 11) is -1.91. The summed E-state index contributed by atoms with van der Waals surface area (Å²) in [5, 5.41) is 2.81. The summed E-state index contributed by atoms with van der Waals surface area (Å²) in [6, 6.07) is 6.16. The maximum atomic E-state index is 12.9. The van der Waals surface area contributed by atoms with Crippen molar-refractivity contribution in [2.75, 3.05) is 46.6 Å². The Morgan fingerprint density at radius 1 is 1.11 bits per heavy atom. The molecule has 0 radical (unpaired) electrons. The smallest absolute Gasteiger partial charge is 0.251 e. The molecule has 2 atom stereocenters. The first-order chi connectivity index (χ1) is 13.3. The molecule has 0 bridgehead atoms. The molecule has 1 heterocycles. The van der Waals surface area contributed by atoms with Crippen molar-refractivity contribution < 1.29 is 22.7 Å². The van der Waals surface area contributed by atoms with Crippen LogP contribution in [-0.2, 0) is 19.5 Å². The van der Waals surface area contributed by atoms with E-state index in [0.717, 1.165) is 6.42 Å². The maximum absolute atomic E-state index is 12.9. The van der Waals surface area contributed by atoms with Crippen LogP contribution < -0.4 is 5.32 Å². The van der Waals surface area contributed by atoms with E-state index in [2.05, 4.69) is 19.2 Å². The molecule has 1 amide bonds. The lowest BCUT2D eigenvalue weighted by Gasteiger charge is -2.34. The van der Waals surface area contributed by atoms with Gasteiger partial charge in [-0.25, -0.2) is 8.42 Å². The molecule has 1 aliphatic rings. The first-order valence-corrected chi connectivity index (χ1v) is 11.2. The Kier molecular flexibility index (Phi) is 8.88.